The Kier molecular flexibility index (Phi) is 3.95. The van der Waals surface area contributed by atoms with Crippen LogP contribution in [0.15, 0.2) is 47.5 Å². The number of ether oxygens (including phenoxy) is 1. The second-order valence-corrected chi connectivity index (χ2v) is 7.12. The van der Waals surface area contributed by atoms with Crippen molar-refractivity contribution in [2.24, 2.45) is 17.3 Å². The molecule has 0 spiro atoms. The molecule has 3 aliphatic carbocycles. The summed E-state index contributed by atoms with van der Waals surface area (Å²) in [6.45, 7) is 4.36. The third-order valence-corrected chi connectivity index (χ3v) is 5.54. The van der Waals surface area contributed by atoms with Crippen LogP contribution in [-0.2, 0) is 19.1 Å². The molecule has 4 rings (SSSR count). The zero-order valence-electron chi connectivity index (χ0n) is 14.6. The average molecular weight is 360 g/mol. The molecule has 1 unspecified atom stereocenters. The zero-order valence-corrected chi connectivity index (χ0v) is 14.6. The molecular formula is C19H20O7. The first-order chi connectivity index (χ1) is 12.1. The van der Waals surface area contributed by atoms with E-state index in [1.807, 2.05) is 0 Å². The van der Waals surface area contributed by atoms with Gasteiger partial charge in [0.15, 0.2) is 17.3 Å². The Hall–Kier alpha value is -2.67. The fraction of sp³-hybridized carbons (Fsp3) is 0.421. The molecule has 2 bridgehead atoms. The third kappa shape index (κ3) is 2.13. The molecule has 0 aromatic carbocycles. The van der Waals surface area contributed by atoms with Crippen LogP contribution in [0.2, 0.25) is 0 Å². The highest BCUT2D eigenvalue weighted by Gasteiger charge is 2.73. The standard InChI is InChI=1S/C19H20O7/c1-4-5-6-7-10(20)12-13-14-9(8-11(21)16(23)26-14)18(2,15(12)22)17(24)19(13,3)25/h4-9,13-14,20-21,25H,1-3H3/b5-4+,7-6+,12-10-/t9-,13+,14+,18+,19?/m0/s1. The summed E-state index contributed by atoms with van der Waals surface area (Å²) in [5.41, 5.74) is -3.93. The largest absolute Gasteiger partial charge is 0.508 e. The lowest BCUT2D eigenvalue weighted by atomic mass is 9.46. The van der Waals surface area contributed by atoms with Crippen LogP contribution in [0, 0.1) is 17.3 Å². The SMILES string of the molecule is C/C=C/C=C/C(O)=C1/C(=O)[C@]2(C)C(=O)C(C)(O)[C@H]1[C@@H]1OC(=O)C(O)=C[C@@H]12. The number of fused-ring (bicyclic) bond motifs is 2. The van der Waals surface area contributed by atoms with Crippen LogP contribution >= 0.6 is 0 Å². The van der Waals surface area contributed by atoms with Crippen molar-refractivity contribution in [2.45, 2.75) is 32.5 Å². The van der Waals surface area contributed by atoms with Gasteiger partial charge in [-0.15, -0.1) is 0 Å². The minimum absolute atomic E-state index is 0.151. The van der Waals surface area contributed by atoms with E-state index in [4.69, 9.17) is 4.74 Å². The number of carbonyl (C=O) groups is 3. The Morgan fingerprint density at radius 1 is 1.23 bits per heavy atom. The highest BCUT2D eigenvalue weighted by molar-refractivity contribution is 6.22. The molecule has 138 valence electrons. The molecule has 3 N–H and O–H groups in total. The Morgan fingerprint density at radius 2 is 1.88 bits per heavy atom. The van der Waals surface area contributed by atoms with Crippen molar-refractivity contribution >= 4 is 17.5 Å². The molecule has 0 aromatic heterocycles. The number of ketones is 2. The Bertz CT molecular complexity index is 827. The van der Waals surface area contributed by atoms with Crippen LogP contribution < -0.4 is 0 Å². The number of rotatable bonds is 2. The van der Waals surface area contributed by atoms with Gasteiger partial charge in [0, 0.05) is 11.5 Å². The molecule has 1 aliphatic heterocycles. The first-order valence-electron chi connectivity index (χ1n) is 8.24. The molecule has 5 atom stereocenters. The fourth-order valence-corrected chi connectivity index (χ4v) is 4.24. The van der Waals surface area contributed by atoms with Gasteiger partial charge in [-0.1, -0.05) is 18.2 Å². The summed E-state index contributed by atoms with van der Waals surface area (Å²) in [6.07, 6.45) is 6.23. The van der Waals surface area contributed by atoms with Gasteiger partial charge in [0.1, 0.15) is 22.9 Å². The number of aliphatic hydroxyl groups is 3. The molecule has 0 saturated heterocycles. The molecule has 7 nitrogen and oxygen atoms in total. The smallest absolute Gasteiger partial charge is 0.373 e. The number of Topliss-reactive ketones (excluding diaryl/α,β-unsaturated/α-hetero) is 2. The molecule has 3 saturated carbocycles. The van der Waals surface area contributed by atoms with Crippen molar-refractivity contribution in [1.82, 2.24) is 0 Å². The van der Waals surface area contributed by atoms with Crippen molar-refractivity contribution < 1.29 is 34.4 Å². The maximum absolute atomic E-state index is 13.1. The molecule has 4 aliphatic rings. The Morgan fingerprint density at radius 3 is 2.50 bits per heavy atom. The molecule has 0 aromatic rings. The number of carbonyl (C=O) groups excluding carboxylic acids is 3. The number of hydrogen-bond acceptors (Lipinski definition) is 7. The lowest BCUT2D eigenvalue weighted by Crippen LogP contribution is -2.73. The van der Waals surface area contributed by atoms with Crippen molar-refractivity contribution in [2.75, 3.05) is 0 Å². The van der Waals surface area contributed by atoms with E-state index in [2.05, 4.69) is 0 Å². The maximum Gasteiger partial charge on any atom is 0.373 e. The molecule has 7 heteroatoms. The van der Waals surface area contributed by atoms with Crippen molar-refractivity contribution in [3.63, 3.8) is 0 Å². The van der Waals surface area contributed by atoms with Gasteiger partial charge in [-0.2, -0.15) is 0 Å². The predicted molar refractivity (Wildman–Crippen MR) is 89.9 cm³/mol. The lowest BCUT2D eigenvalue weighted by molar-refractivity contribution is -0.200. The van der Waals surface area contributed by atoms with Crippen LogP contribution in [0.1, 0.15) is 20.8 Å². The molecule has 0 radical (unpaired) electrons. The van der Waals surface area contributed by atoms with Gasteiger partial charge in [0.05, 0.1) is 5.92 Å². The molecule has 0 amide bonds. The van der Waals surface area contributed by atoms with Gasteiger partial charge in [0.25, 0.3) is 0 Å². The van der Waals surface area contributed by atoms with Crippen LogP contribution in [0.4, 0.5) is 0 Å². The lowest BCUT2D eigenvalue weighted by Gasteiger charge is -2.58. The van der Waals surface area contributed by atoms with Crippen LogP contribution in [0.3, 0.4) is 0 Å². The van der Waals surface area contributed by atoms with Gasteiger partial charge in [0.2, 0.25) is 0 Å². The van der Waals surface area contributed by atoms with Gasteiger partial charge in [-0.05, 0) is 32.9 Å². The van der Waals surface area contributed by atoms with E-state index in [1.165, 1.54) is 26.0 Å². The van der Waals surface area contributed by atoms with Crippen molar-refractivity contribution in [3.05, 3.63) is 47.5 Å². The van der Waals surface area contributed by atoms with E-state index in [1.54, 1.807) is 19.1 Å². The maximum atomic E-state index is 13.1. The Labute approximate surface area is 150 Å². The van der Waals surface area contributed by atoms with E-state index >= 15 is 0 Å². The third-order valence-electron chi connectivity index (χ3n) is 5.54. The minimum Gasteiger partial charge on any atom is -0.508 e. The monoisotopic (exact) mass is 360 g/mol. The summed E-state index contributed by atoms with van der Waals surface area (Å²) in [5.74, 6) is -5.60. The summed E-state index contributed by atoms with van der Waals surface area (Å²) in [4.78, 5) is 37.7. The zero-order chi connectivity index (χ0) is 19.4. The van der Waals surface area contributed by atoms with E-state index in [0.29, 0.717) is 0 Å². The summed E-state index contributed by atoms with van der Waals surface area (Å²) in [6, 6.07) is 0. The quantitative estimate of drug-likeness (QED) is 0.224. The van der Waals surface area contributed by atoms with Crippen LogP contribution in [0.25, 0.3) is 0 Å². The number of allylic oxidation sites excluding steroid dienone is 4. The van der Waals surface area contributed by atoms with Gasteiger partial charge in [-0.3, -0.25) is 9.59 Å². The molecule has 3 fully saturated rings. The van der Waals surface area contributed by atoms with E-state index in [9.17, 15) is 29.7 Å². The van der Waals surface area contributed by atoms with Crippen molar-refractivity contribution in [3.8, 4) is 0 Å². The fourth-order valence-electron chi connectivity index (χ4n) is 4.24. The van der Waals surface area contributed by atoms with Crippen molar-refractivity contribution in [1.29, 1.82) is 0 Å². The van der Waals surface area contributed by atoms with Crippen LogP contribution in [-0.4, -0.2) is 44.6 Å². The highest BCUT2D eigenvalue weighted by atomic mass is 16.6. The van der Waals surface area contributed by atoms with E-state index < -0.39 is 58.0 Å². The van der Waals surface area contributed by atoms with E-state index in [0.717, 1.165) is 6.08 Å². The number of esters is 1. The molecule has 1 heterocycles. The van der Waals surface area contributed by atoms with Gasteiger partial charge < -0.3 is 20.1 Å². The highest BCUT2D eigenvalue weighted by Crippen LogP contribution is 2.58. The number of aliphatic hydroxyl groups excluding tert-OH is 2. The van der Waals surface area contributed by atoms with Gasteiger partial charge in [-0.25, -0.2) is 4.79 Å². The second kappa shape index (κ2) is 5.67. The minimum atomic E-state index is -2.01. The van der Waals surface area contributed by atoms with Gasteiger partial charge >= 0.3 is 5.97 Å². The summed E-state index contributed by atoms with van der Waals surface area (Å²) in [5, 5.41) is 31.0. The first kappa shape index (κ1) is 18.1. The molecule has 26 heavy (non-hydrogen) atoms. The molecular weight excluding hydrogens is 340 g/mol. The van der Waals surface area contributed by atoms with Crippen LogP contribution in [0.5, 0.6) is 0 Å². The predicted octanol–water partition coefficient (Wildman–Crippen LogP) is 1.45. The van der Waals surface area contributed by atoms with E-state index in [-0.39, 0.29) is 5.57 Å². The first-order valence-corrected chi connectivity index (χ1v) is 8.24. The summed E-state index contributed by atoms with van der Waals surface area (Å²) < 4.78 is 5.23. The number of hydrogen-bond donors (Lipinski definition) is 3. The second-order valence-electron chi connectivity index (χ2n) is 7.12. The normalized spacial score (nSPS) is 41.5. The average Bonchev–Trinajstić information content (AvgIpc) is 2.57. The summed E-state index contributed by atoms with van der Waals surface area (Å²) >= 11 is 0. The summed E-state index contributed by atoms with van der Waals surface area (Å²) in [7, 11) is 0. The topological polar surface area (TPSA) is 121 Å². The Balaban J connectivity index is 2.25.